The van der Waals surface area contributed by atoms with Gasteiger partial charge in [0.1, 0.15) is 12.1 Å². The van der Waals surface area contributed by atoms with E-state index in [0.717, 1.165) is 18.5 Å². The molecule has 0 aliphatic carbocycles. The van der Waals surface area contributed by atoms with E-state index >= 15 is 0 Å². The van der Waals surface area contributed by atoms with Crippen LogP contribution >= 0.6 is 0 Å². The SMILES string of the molecule is CCCc1ccc(C(=O)Oc2ccc(-n3cnnn3)cc2)cc1. The van der Waals surface area contributed by atoms with E-state index in [1.807, 2.05) is 12.1 Å². The van der Waals surface area contributed by atoms with Crippen LogP contribution in [0.4, 0.5) is 0 Å². The highest BCUT2D eigenvalue weighted by atomic mass is 16.5. The molecule has 0 bridgehead atoms. The van der Waals surface area contributed by atoms with E-state index in [2.05, 4.69) is 22.4 Å². The molecule has 1 aromatic heterocycles. The number of nitrogens with zero attached hydrogens (tertiary/aromatic N) is 4. The lowest BCUT2D eigenvalue weighted by Gasteiger charge is -2.06. The minimum atomic E-state index is -0.372. The molecule has 0 fully saturated rings. The Balaban J connectivity index is 1.67. The number of aromatic nitrogens is 4. The average molecular weight is 308 g/mol. The van der Waals surface area contributed by atoms with Crippen molar-refractivity contribution in [1.29, 1.82) is 0 Å². The largest absolute Gasteiger partial charge is 0.423 e. The van der Waals surface area contributed by atoms with Crippen LogP contribution in [0.25, 0.3) is 5.69 Å². The normalized spacial score (nSPS) is 10.5. The number of tetrazole rings is 1. The summed E-state index contributed by atoms with van der Waals surface area (Å²) in [7, 11) is 0. The van der Waals surface area contributed by atoms with Gasteiger partial charge in [0.05, 0.1) is 11.3 Å². The number of rotatable bonds is 5. The maximum atomic E-state index is 12.1. The van der Waals surface area contributed by atoms with Gasteiger partial charge in [0, 0.05) is 0 Å². The Morgan fingerprint density at radius 1 is 1.09 bits per heavy atom. The Kier molecular flexibility index (Phi) is 4.42. The van der Waals surface area contributed by atoms with Crippen molar-refractivity contribution in [2.24, 2.45) is 0 Å². The number of hydrogen-bond donors (Lipinski definition) is 0. The molecule has 0 amide bonds. The van der Waals surface area contributed by atoms with E-state index in [-0.39, 0.29) is 5.97 Å². The van der Waals surface area contributed by atoms with Crippen molar-refractivity contribution in [3.05, 3.63) is 66.0 Å². The van der Waals surface area contributed by atoms with Crippen LogP contribution in [0.2, 0.25) is 0 Å². The van der Waals surface area contributed by atoms with Gasteiger partial charge in [0.25, 0.3) is 0 Å². The van der Waals surface area contributed by atoms with E-state index in [9.17, 15) is 4.79 Å². The van der Waals surface area contributed by atoms with Crippen LogP contribution in [0.15, 0.2) is 54.9 Å². The number of benzene rings is 2. The van der Waals surface area contributed by atoms with Crippen molar-refractivity contribution in [3.63, 3.8) is 0 Å². The first-order chi connectivity index (χ1) is 11.3. The number of hydrogen-bond acceptors (Lipinski definition) is 5. The summed E-state index contributed by atoms with van der Waals surface area (Å²) in [5.41, 5.74) is 2.54. The first-order valence-corrected chi connectivity index (χ1v) is 7.41. The highest BCUT2D eigenvalue weighted by molar-refractivity contribution is 5.91. The molecule has 6 heteroatoms. The Morgan fingerprint density at radius 3 is 2.43 bits per heavy atom. The van der Waals surface area contributed by atoms with Gasteiger partial charge in [0.2, 0.25) is 0 Å². The fraction of sp³-hybridized carbons (Fsp3) is 0.176. The van der Waals surface area contributed by atoms with Gasteiger partial charge < -0.3 is 4.74 Å². The average Bonchev–Trinajstić information content (AvgIpc) is 3.11. The molecular formula is C17H16N4O2. The summed E-state index contributed by atoms with van der Waals surface area (Å²) in [6, 6.07) is 14.5. The van der Waals surface area contributed by atoms with Gasteiger partial charge in [0.15, 0.2) is 0 Å². The minimum Gasteiger partial charge on any atom is -0.423 e. The predicted molar refractivity (Wildman–Crippen MR) is 84.5 cm³/mol. The van der Waals surface area contributed by atoms with Gasteiger partial charge >= 0.3 is 5.97 Å². The molecule has 0 saturated carbocycles. The summed E-state index contributed by atoms with van der Waals surface area (Å²) >= 11 is 0. The van der Waals surface area contributed by atoms with Crippen LogP contribution < -0.4 is 4.74 Å². The van der Waals surface area contributed by atoms with E-state index in [4.69, 9.17) is 4.74 Å². The van der Waals surface area contributed by atoms with Crippen LogP contribution in [0.5, 0.6) is 5.75 Å². The number of carbonyl (C=O) groups excluding carboxylic acids is 1. The molecule has 0 N–H and O–H groups in total. The summed E-state index contributed by atoms with van der Waals surface area (Å²) < 4.78 is 6.90. The van der Waals surface area contributed by atoms with Gasteiger partial charge in [-0.25, -0.2) is 9.48 Å². The van der Waals surface area contributed by atoms with Crippen molar-refractivity contribution < 1.29 is 9.53 Å². The first-order valence-electron chi connectivity index (χ1n) is 7.41. The van der Waals surface area contributed by atoms with E-state index in [0.29, 0.717) is 11.3 Å². The van der Waals surface area contributed by atoms with Gasteiger partial charge in [-0.15, -0.1) is 5.10 Å². The molecule has 0 spiro atoms. The summed E-state index contributed by atoms with van der Waals surface area (Å²) in [4.78, 5) is 12.1. The second-order valence-corrected chi connectivity index (χ2v) is 5.08. The molecule has 2 aromatic carbocycles. The van der Waals surface area contributed by atoms with Crippen LogP contribution in [0.3, 0.4) is 0 Å². The summed E-state index contributed by atoms with van der Waals surface area (Å²) in [6.07, 6.45) is 3.59. The number of ether oxygens (including phenoxy) is 1. The standard InChI is InChI=1S/C17H16N4O2/c1-2-3-13-4-6-14(7-5-13)17(22)23-16-10-8-15(9-11-16)21-12-18-19-20-21/h4-12H,2-3H2,1H3. The van der Waals surface area contributed by atoms with Crippen molar-refractivity contribution >= 4 is 5.97 Å². The molecule has 116 valence electrons. The summed E-state index contributed by atoms with van der Waals surface area (Å²) in [5.74, 6) is 0.104. The fourth-order valence-corrected chi connectivity index (χ4v) is 2.21. The van der Waals surface area contributed by atoms with E-state index in [1.165, 1.54) is 16.6 Å². The zero-order chi connectivity index (χ0) is 16.1. The zero-order valence-corrected chi connectivity index (χ0v) is 12.7. The number of esters is 1. The van der Waals surface area contributed by atoms with Crippen molar-refractivity contribution in [1.82, 2.24) is 20.2 Å². The third kappa shape index (κ3) is 3.60. The second-order valence-electron chi connectivity index (χ2n) is 5.08. The van der Waals surface area contributed by atoms with Gasteiger partial charge in [-0.2, -0.15) is 0 Å². The Labute approximate surface area is 133 Å². The maximum Gasteiger partial charge on any atom is 0.343 e. The highest BCUT2D eigenvalue weighted by Crippen LogP contribution is 2.16. The zero-order valence-electron chi connectivity index (χ0n) is 12.7. The lowest BCUT2D eigenvalue weighted by atomic mass is 10.1. The molecule has 0 radical (unpaired) electrons. The van der Waals surface area contributed by atoms with Crippen molar-refractivity contribution in [2.75, 3.05) is 0 Å². The summed E-state index contributed by atoms with van der Waals surface area (Å²) in [5, 5.41) is 10.9. The second kappa shape index (κ2) is 6.83. The van der Waals surface area contributed by atoms with E-state index < -0.39 is 0 Å². The minimum absolute atomic E-state index is 0.372. The molecule has 6 nitrogen and oxygen atoms in total. The molecule has 0 aliphatic rings. The smallest absolute Gasteiger partial charge is 0.343 e. The monoisotopic (exact) mass is 308 g/mol. The molecule has 0 unspecified atom stereocenters. The third-order valence-electron chi connectivity index (χ3n) is 3.39. The lowest BCUT2D eigenvalue weighted by molar-refractivity contribution is 0.0735. The quantitative estimate of drug-likeness (QED) is 0.535. The third-order valence-corrected chi connectivity index (χ3v) is 3.39. The number of carbonyl (C=O) groups is 1. The molecule has 23 heavy (non-hydrogen) atoms. The number of aryl methyl sites for hydroxylation is 1. The van der Waals surface area contributed by atoms with Crippen molar-refractivity contribution in [2.45, 2.75) is 19.8 Å². The summed E-state index contributed by atoms with van der Waals surface area (Å²) in [6.45, 7) is 2.13. The highest BCUT2D eigenvalue weighted by Gasteiger charge is 2.09. The van der Waals surface area contributed by atoms with Crippen molar-refractivity contribution in [3.8, 4) is 11.4 Å². The van der Waals surface area contributed by atoms with Crippen LogP contribution in [0, 0.1) is 0 Å². The predicted octanol–water partition coefficient (Wildman–Crippen LogP) is 2.83. The Hall–Kier alpha value is -3.02. The molecule has 1 heterocycles. The Bertz CT molecular complexity index is 765. The Morgan fingerprint density at radius 2 is 1.83 bits per heavy atom. The maximum absolute atomic E-state index is 12.1. The molecule has 3 rings (SSSR count). The molecule has 0 aliphatic heterocycles. The molecular weight excluding hydrogens is 292 g/mol. The molecule has 3 aromatic rings. The van der Waals surface area contributed by atoms with Crippen LogP contribution in [0.1, 0.15) is 29.3 Å². The fourth-order valence-electron chi connectivity index (χ4n) is 2.21. The van der Waals surface area contributed by atoms with Crippen LogP contribution in [-0.4, -0.2) is 26.2 Å². The van der Waals surface area contributed by atoms with E-state index in [1.54, 1.807) is 36.4 Å². The van der Waals surface area contributed by atoms with Gasteiger partial charge in [-0.3, -0.25) is 0 Å². The van der Waals surface area contributed by atoms with Gasteiger partial charge in [-0.05, 0) is 58.8 Å². The van der Waals surface area contributed by atoms with Crippen LogP contribution in [-0.2, 0) is 6.42 Å². The topological polar surface area (TPSA) is 69.9 Å². The molecule has 0 saturated heterocycles. The molecule has 0 atom stereocenters. The first kappa shape index (κ1) is 14.9. The van der Waals surface area contributed by atoms with Gasteiger partial charge in [-0.1, -0.05) is 25.5 Å². The lowest BCUT2D eigenvalue weighted by Crippen LogP contribution is -2.08.